The molecular weight excluding hydrogens is 229 g/mol. The van der Waals surface area contributed by atoms with E-state index in [0.717, 1.165) is 5.56 Å². The molecule has 70 valence electrons. The SMILES string of the molecule is C[S+]([O-])/N=C/c1ccc(Cl)c(Cl)c1. The Morgan fingerprint density at radius 3 is 2.62 bits per heavy atom. The van der Waals surface area contributed by atoms with Crippen LogP contribution < -0.4 is 0 Å². The summed E-state index contributed by atoms with van der Waals surface area (Å²) < 4.78 is 14.3. The van der Waals surface area contributed by atoms with Crippen LogP contribution in [0.25, 0.3) is 0 Å². The maximum Gasteiger partial charge on any atom is 0.123 e. The Labute approximate surface area is 89.9 Å². The first-order valence-electron chi connectivity index (χ1n) is 3.42. The highest BCUT2D eigenvalue weighted by atomic mass is 35.5. The molecule has 0 aliphatic rings. The van der Waals surface area contributed by atoms with E-state index in [1.807, 2.05) is 0 Å². The molecule has 2 nitrogen and oxygen atoms in total. The molecule has 0 aliphatic carbocycles. The molecule has 0 radical (unpaired) electrons. The topological polar surface area (TPSA) is 35.4 Å². The molecule has 0 spiro atoms. The van der Waals surface area contributed by atoms with Crippen LogP contribution in [0.1, 0.15) is 5.56 Å². The van der Waals surface area contributed by atoms with Crippen LogP contribution in [0, 0.1) is 0 Å². The first kappa shape index (κ1) is 10.9. The van der Waals surface area contributed by atoms with E-state index in [0.29, 0.717) is 10.0 Å². The third-order valence-electron chi connectivity index (χ3n) is 1.29. The Balaban J connectivity index is 2.85. The van der Waals surface area contributed by atoms with E-state index >= 15 is 0 Å². The van der Waals surface area contributed by atoms with Crippen molar-refractivity contribution in [2.24, 2.45) is 4.40 Å². The van der Waals surface area contributed by atoms with Crippen molar-refractivity contribution >= 4 is 40.8 Å². The predicted molar refractivity (Wildman–Crippen MR) is 58.1 cm³/mol. The van der Waals surface area contributed by atoms with Crippen LogP contribution in [0.15, 0.2) is 22.6 Å². The van der Waals surface area contributed by atoms with Crippen molar-refractivity contribution in [3.05, 3.63) is 33.8 Å². The zero-order chi connectivity index (χ0) is 9.84. The number of hydrogen-bond acceptors (Lipinski definition) is 2. The van der Waals surface area contributed by atoms with Crippen molar-refractivity contribution in [1.82, 2.24) is 0 Å². The van der Waals surface area contributed by atoms with Crippen molar-refractivity contribution < 1.29 is 4.55 Å². The van der Waals surface area contributed by atoms with Crippen molar-refractivity contribution in [3.63, 3.8) is 0 Å². The van der Waals surface area contributed by atoms with Gasteiger partial charge < -0.3 is 4.55 Å². The fourth-order valence-corrected chi connectivity index (χ4v) is 1.30. The molecule has 13 heavy (non-hydrogen) atoms. The van der Waals surface area contributed by atoms with E-state index in [9.17, 15) is 4.55 Å². The minimum atomic E-state index is -1.18. The minimum Gasteiger partial charge on any atom is -0.592 e. The van der Waals surface area contributed by atoms with E-state index in [-0.39, 0.29) is 0 Å². The summed E-state index contributed by atoms with van der Waals surface area (Å²) in [6.07, 6.45) is 2.99. The van der Waals surface area contributed by atoms with Crippen LogP contribution in [-0.2, 0) is 11.4 Å². The van der Waals surface area contributed by atoms with Crippen molar-refractivity contribution in [1.29, 1.82) is 0 Å². The first-order chi connectivity index (χ1) is 6.09. The van der Waals surface area contributed by atoms with Gasteiger partial charge in [0.1, 0.15) is 6.26 Å². The van der Waals surface area contributed by atoms with Gasteiger partial charge in [-0.3, -0.25) is 0 Å². The largest absolute Gasteiger partial charge is 0.592 e. The maximum absolute atomic E-state index is 10.6. The van der Waals surface area contributed by atoms with E-state index in [1.165, 1.54) is 12.5 Å². The van der Waals surface area contributed by atoms with Crippen LogP contribution in [0.5, 0.6) is 0 Å². The molecule has 5 heteroatoms. The summed E-state index contributed by atoms with van der Waals surface area (Å²) in [4.78, 5) is 0. The van der Waals surface area contributed by atoms with Crippen molar-refractivity contribution in [2.75, 3.05) is 6.26 Å². The highest BCUT2D eigenvalue weighted by Gasteiger charge is 1.98. The minimum absolute atomic E-state index is 0.465. The molecule has 1 aromatic carbocycles. The molecule has 1 atom stereocenters. The summed E-state index contributed by atoms with van der Waals surface area (Å²) in [5.41, 5.74) is 0.782. The molecule has 0 amide bonds. The molecule has 0 bridgehead atoms. The summed E-state index contributed by atoms with van der Waals surface area (Å²) in [6.45, 7) is 0. The summed E-state index contributed by atoms with van der Waals surface area (Å²) >= 11 is 10.3. The van der Waals surface area contributed by atoms with Crippen molar-refractivity contribution in [2.45, 2.75) is 0 Å². The second-order valence-electron chi connectivity index (χ2n) is 2.33. The zero-order valence-electron chi connectivity index (χ0n) is 6.83. The van der Waals surface area contributed by atoms with Gasteiger partial charge >= 0.3 is 0 Å². The first-order valence-corrected chi connectivity index (χ1v) is 5.69. The van der Waals surface area contributed by atoms with Crippen LogP contribution in [0.2, 0.25) is 10.0 Å². The number of benzene rings is 1. The Morgan fingerprint density at radius 2 is 2.08 bits per heavy atom. The fraction of sp³-hybridized carbons (Fsp3) is 0.125. The van der Waals surface area contributed by atoms with Crippen LogP contribution in [0.4, 0.5) is 0 Å². The third-order valence-corrected chi connectivity index (χ3v) is 2.44. The predicted octanol–water partition coefficient (Wildman–Crippen LogP) is 2.71. The molecule has 1 aromatic rings. The number of rotatable bonds is 2. The molecule has 0 aliphatic heterocycles. The second kappa shape index (κ2) is 4.86. The number of nitrogens with zero attached hydrogens (tertiary/aromatic N) is 1. The van der Waals surface area contributed by atoms with Gasteiger partial charge in [-0.1, -0.05) is 33.7 Å². The molecule has 1 unspecified atom stereocenters. The van der Waals surface area contributed by atoms with Gasteiger partial charge in [0.2, 0.25) is 0 Å². The smallest absolute Gasteiger partial charge is 0.123 e. The molecule has 0 aromatic heterocycles. The van der Waals surface area contributed by atoms with Gasteiger partial charge in [0, 0.05) is 0 Å². The van der Waals surface area contributed by atoms with Gasteiger partial charge in [-0.05, 0) is 17.7 Å². The molecule has 0 N–H and O–H groups in total. The van der Waals surface area contributed by atoms with Crippen LogP contribution in [-0.4, -0.2) is 17.0 Å². The van der Waals surface area contributed by atoms with Gasteiger partial charge in [-0.2, -0.15) is 0 Å². The average Bonchev–Trinajstić information content (AvgIpc) is 2.07. The lowest BCUT2D eigenvalue weighted by Gasteiger charge is -1.97. The molecule has 0 fully saturated rings. The van der Waals surface area contributed by atoms with Crippen molar-refractivity contribution in [3.8, 4) is 0 Å². The quantitative estimate of drug-likeness (QED) is 0.574. The lowest BCUT2D eigenvalue weighted by atomic mass is 10.2. The van der Waals surface area contributed by atoms with Gasteiger partial charge in [0.05, 0.1) is 27.6 Å². The lowest BCUT2D eigenvalue weighted by Crippen LogP contribution is -1.91. The zero-order valence-corrected chi connectivity index (χ0v) is 9.16. The average molecular weight is 236 g/mol. The summed E-state index contributed by atoms with van der Waals surface area (Å²) in [5.74, 6) is 0. The molecule has 0 heterocycles. The van der Waals surface area contributed by atoms with Gasteiger partial charge in [-0.25, -0.2) is 0 Å². The standard InChI is InChI=1S/C8H7Cl2NOS/c1-13(12)11-5-6-2-3-7(9)8(10)4-6/h2-5H,1H3/b11-5+. The lowest BCUT2D eigenvalue weighted by molar-refractivity contribution is 0.603. The van der Waals surface area contributed by atoms with E-state index in [1.54, 1.807) is 18.2 Å². The monoisotopic (exact) mass is 235 g/mol. The summed E-state index contributed by atoms with van der Waals surface area (Å²) in [6, 6.07) is 5.09. The van der Waals surface area contributed by atoms with Crippen LogP contribution in [0.3, 0.4) is 0 Å². The highest BCUT2D eigenvalue weighted by Crippen LogP contribution is 2.21. The fourth-order valence-electron chi connectivity index (χ4n) is 0.728. The number of halogens is 2. The third kappa shape index (κ3) is 3.56. The van der Waals surface area contributed by atoms with Gasteiger partial charge in [0.25, 0.3) is 0 Å². The Morgan fingerprint density at radius 1 is 1.38 bits per heavy atom. The second-order valence-corrected chi connectivity index (χ2v) is 4.20. The van der Waals surface area contributed by atoms with E-state index in [2.05, 4.69) is 4.40 Å². The molecular formula is C8H7Cl2NOS. The van der Waals surface area contributed by atoms with Gasteiger partial charge in [0.15, 0.2) is 0 Å². The van der Waals surface area contributed by atoms with Crippen LogP contribution >= 0.6 is 23.2 Å². The summed E-state index contributed by atoms with van der Waals surface area (Å²) in [7, 11) is 0. The molecule has 0 saturated carbocycles. The Kier molecular flexibility index (Phi) is 4.06. The normalized spacial score (nSPS) is 13.5. The highest BCUT2D eigenvalue weighted by molar-refractivity contribution is 7.89. The maximum atomic E-state index is 10.6. The summed E-state index contributed by atoms with van der Waals surface area (Å²) in [5, 5.41) is 0.962. The Hall–Kier alpha value is -0.220. The van der Waals surface area contributed by atoms with E-state index < -0.39 is 11.4 Å². The van der Waals surface area contributed by atoms with Gasteiger partial charge in [-0.15, -0.1) is 0 Å². The number of hydrogen-bond donors (Lipinski definition) is 0. The molecule has 1 rings (SSSR count). The molecule has 0 saturated heterocycles. The Bertz CT molecular complexity index is 328. The van der Waals surface area contributed by atoms with E-state index in [4.69, 9.17) is 23.2 Å².